The van der Waals surface area contributed by atoms with E-state index in [2.05, 4.69) is 19.2 Å². The maximum atomic E-state index is 13.4. The molecule has 18 heavy (non-hydrogen) atoms. The fourth-order valence-electron chi connectivity index (χ4n) is 1.69. The van der Waals surface area contributed by atoms with Gasteiger partial charge in [0.05, 0.1) is 0 Å². The van der Waals surface area contributed by atoms with Gasteiger partial charge in [0.15, 0.2) is 0 Å². The predicted octanol–water partition coefficient (Wildman–Crippen LogP) is 2.53. The summed E-state index contributed by atoms with van der Waals surface area (Å²) in [4.78, 5) is 11.9. The molecule has 0 heterocycles. The lowest BCUT2D eigenvalue weighted by Crippen LogP contribution is -2.41. The first-order chi connectivity index (χ1) is 8.43. The zero-order valence-electron chi connectivity index (χ0n) is 10.5. The number of nitrogens with two attached hydrogens (primary N) is 1. The van der Waals surface area contributed by atoms with Gasteiger partial charge in [0.25, 0.3) is 5.91 Å². The molecule has 1 unspecified atom stereocenters. The molecule has 0 fully saturated rings. The van der Waals surface area contributed by atoms with Crippen LogP contribution in [-0.4, -0.2) is 18.5 Å². The Hall–Kier alpha value is -0.690. The first-order valence-corrected chi connectivity index (χ1v) is 6.98. The van der Waals surface area contributed by atoms with Crippen LogP contribution in [0.4, 0.5) is 4.39 Å². The van der Waals surface area contributed by atoms with Crippen molar-refractivity contribution >= 4 is 28.5 Å². The van der Waals surface area contributed by atoms with E-state index in [1.54, 1.807) is 12.1 Å². The molecule has 0 saturated heterocycles. The lowest BCUT2D eigenvalue weighted by molar-refractivity contribution is 0.0933. The van der Waals surface area contributed by atoms with Crippen LogP contribution in [-0.2, 0) is 0 Å². The van der Waals surface area contributed by atoms with E-state index in [0.29, 0.717) is 21.6 Å². The normalized spacial score (nSPS) is 12.6. The van der Waals surface area contributed by atoms with Crippen LogP contribution >= 0.6 is 22.6 Å². The minimum absolute atomic E-state index is 0.0696. The van der Waals surface area contributed by atoms with Crippen LogP contribution in [0, 0.1) is 15.3 Å². The average molecular weight is 364 g/mol. The lowest BCUT2D eigenvalue weighted by Gasteiger charge is -2.18. The van der Waals surface area contributed by atoms with Gasteiger partial charge >= 0.3 is 0 Å². The Morgan fingerprint density at radius 3 is 2.67 bits per heavy atom. The third-order valence-electron chi connectivity index (χ3n) is 2.56. The minimum atomic E-state index is -0.378. The molecular weight excluding hydrogens is 346 g/mol. The molecule has 100 valence electrons. The zero-order chi connectivity index (χ0) is 13.7. The van der Waals surface area contributed by atoms with Crippen molar-refractivity contribution in [1.82, 2.24) is 5.32 Å². The van der Waals surface area contributed by atoms with Crippen molar-refractivity contribution in [2.45, 2.75) is 26.3 Å². The summed E-state index contributed by atoms with van der Waals surface area (Å²) < 4.78 is 13.9. The fraction of sp³-hybridized carbons (Fsp3) is 0.462. The number of carbonyl (C=O) groups excluding carboxylic acids is 1. The smallest absolute Gasteiger partial charge is 0.251 e. The number of nitrogens with one attached hydrogen (secondary N) is 1. The zero-order valence-corrected chi connectivity index (χ0v) is 12.7. The number of hydrogen-bond donors (Lipinski definition) is 2. The highest BCUT2D eigenvalue weighted by Gasteiger charge is 2.14. The second kappa shape index (κ2) is 7.04. The molecule has 3 nitrogen and oxygen atoms in total. The Bertz CT molecular complexity index is 423. The van der Waals surface area contributed by atoms with E-state index in [-0.39, 0.29) is 17.8 Å². The van der Waals surface area contributed by atoms with Crippen LogP contribution in [0.2, 0.25) is 0 Å². The van der Waals surface area contributed by atoms with Crippen molar-refractivity contribution in [3.63, 3.8) is 0 Å². The van der Waals surface area contributed by atoms with Crippen molar-refractivity contribution < 1.29 is 9.18 Å². The minimum Gasteiger partial charge on any atom is -0.348 e. The number of benzene rings is 1. The van der Waals surface area contributed by atoms with Gasteiger partial charge in [-0.1, -0.05) is 13.8 Å². The van der Waals surface area contributed by atoms with E-state index in [1.807, 2.05) is 22.6 Å². The molecule has 0 saturated carbocycles. The van der Waals surface area contributed by atoms with E-state index in [1.165, 1.54) is 6.07 Å². The number of carbonyl (C=O) groups is 1. The Labute approximate surface area is 120 Å². The summed E-state index contributed by atoms with van der Waals surface area (Å²) in [6, 6.07) is 4.38. The number of amides is 1. The van der Waals surface area contributed by atoms with Crippen LogP contribution in [0.1, 0.15) is 30.6 Å². The van der Waals surface area contributed by atoms with E-state index in [0.717, 1.165) is 6.42 Å². The Balaban J connectivity index is 2.71. The summed E-state index contributed by atoms with van der Waals surface area (Å²) in [6.07, 6.45) is 0.815. The van der Waals surface area contributed by atoms with E-state index in [4.69, 9.17) is 5.73 Å². The lowest BCUT2D eigenvalue weighted by atomic mass is 10.0. The van der Waals surface area contributed by atoms with Gasteiger partial charge in [-0.2, -0.15) is 0 Å². The molecular formula is C13H18FIN2O. The van der Waals surface area contributed by atoms with Gasteiger partial charge in [0.1, 0.15) is 5.82 Å². The molecule has 1 aromatic rings. The molecule has 0 spiro atoms. The number of rotatable bonds is 5. The van der Waals surface area contributed by atoms with Gasteiger partial charge in [0.2, 0.25) is 0 Å². The molecule has 1 rings (SSSR count). The van der Waals surface area contributed by atoms with Gasteiger partial charge in [-0.3, -0.25) is 4.79 Å². The molecule has 1 atom stereocenters. The van der Waals surface area contributed by atoms with Crippen LogP contribution < -0.4 is 11.1 Å². The molecule has 0 aliphatic rings. The van der Waals surface area contributed by atoms with Gasteiger partial charge in [-0.25, -0.2) is 4.39 Å². The van der Waals surface area contributed by atoms with Crippen molar-refractivity contribution in [3.8, 4) is 0 Å². The molecule has 0 aromatic heterocycles. The second-order valence-corrected chi connectivity index (χ2v) is 5.83. The highest BCUT2D eigenvalue weighted by Crippen LogP contribution is 2.13. The molecule has 1 amide bonds. The fourth-order valence-corrected chi connectivity index (χ4v) is 2.02. The van der Waals surface area contributed by atoms with Gasteiger partial charge in [-0.15, -0.1) is 0 Å². The Morgan fingerprint density at radius 2 is 2.17 bits per heavy atom. The molecule has 0 aliphatic heterocycles. The summed E-state index contributed by atoms with van der Waals surface area (Å²) >= 11 is 1.89. The maximum Gasteiger partial charge on any atom is 0.251 e. The summed E-state index contributed by atoms with van der Waals surface area (Å²) in [5.74, 6) is -0.204. The summed E-state index contributed by atoms with van der Waals surface area (Å²) in [6.45, 7) is 4.52. The third kappa shape index (κ3) is 4.53. The van der Waals surface area contributed by atoms with Gasteiger partial charge in [0, 0.05) is 21.7 Å². The quantitative estimate of drug-likeness (QED) is 0.789. The molecule has 5 heteroatoms. The molecule has 0 aliphatic carbocycles. The predicted molar refractivity (Wildman–Crippen MR) is 78.9 cm³/mol. The second-order valence-electron chi connectivity index (χ2n) is 4.66. The number of halogens is 2. The summed E-state index contributed by atoms with van der Waals surface area (Å²) in [5, 5.41) is 2.83. The Kier molecular flexibility index (Phi) is 6.01. The standard InChI is InChI=1S/C13H18FIN2O/c1-8(2)5-10(7-16)17-13(18)9-3-4-12(15)11(14)6-9/h3-4,6,8,10H,5,7,16H2,1-2H3,(H,17,18). The van der Waals surface area contributed by atoms with Crippen LogP contribution in [0.25, 0.3) is 0 Å². The van der Waals surface area contributed by atoms with E-state index in [9.17, 15) is 9.18 Å². The van der Waals surface area contributed by atoms with Crippen molar-refractivity contribution in [1.29, 1.82) is 0 Å². The largest absolute Gasteiger partial charge is 0.348 e. The Morgan fingerprint density at radius 1 is 1.50 bits per heavy atom. The van der Waals surface area contributed by atoms with Crippen LogP contribution in [0.5, 0.6) is 0 Å². The molecule has 1 aromatic carbocycles. The monoisotopic (exact) mass is 364 g/mol. The van der Waals surface area contributed by atoms with Crippen molar-refractivity contribution in [3.05, 3.63) is 33.1 Å². The summed E-state index contributed by atoms with van der Waals surface area (Å²) in [5.41, 5.74) is 5.94. The SMILES string of the molecule is CC(C)CC(CN)NC(=O)c1ccc(I)c(F)c1. The maximum absolute atomic E-state index is 13.4. The number of hydrogen-bond acceptors (Lipinski definition) is 2. The van der Waals surface area contributed by atoms with E-state index < -0.39 is 0 Å². The topological polar surface area (TPSA) is 55.1 Å². The van der Waals surface area contributed by atoms with Crippen LogP contribution in [0.15, 0.2) is 18.2 Å². The highest BCUT2D eigenvalue weighted by atomic mass is 127. The van der Waals surface area contributed by atoms with Crippen molar-refractivity contribution in [2.24, 2.45) is 11.7 Å². The highest BCUT2D eigenvalue weighted by molar-refractivity contribution is 14.1. The van der Waals surface area contributed by atoms with Crippen LogP contribution in [0.3, 0.4) is 0 Å². The average Bonchev–Trinajstić information content (AvgIpc) is 2.31. The third-order valence-corrected chi connectivity index (χ3v) is 3.43. The molecule has 0 bridgehead atoms. The summed E-state index contributed by atoms with van der Waals surface area (Å²) in [7, 11) is 0. The van der Waals surface area contributed by atoms with Gasteiger partial charge < -0.3 is 11.1 Å². The van der Waals surface area contributed by atoms with E-state index >= 15 is 0 Å². The molecule has 3 N–H and O–H groups in total. The van der Waals surface area contributed by atoms with Crippen molar-refractivity contribution in [2.75, 3.05) is 6.54 Å². The first-order valence-electron chi connectivity index (χ1n) is 5.90. The first kappa shape index (κ1) is 15.4. The van der Waals surface area contributed by atoms with Gasteiger partial charge in [-0.05, 0) is 53.1 Å². The molecule has 0 radical (unpaired) electrons.